The van der Waals surface area contributed by atoms with Crippen molar-refractivity contribution < 1.29 is 8.78 Å². The summed E-state index contributed by atoms with van der Waals surface area (Å²) in [6, 6.07) is 6.35. The Morgan fingerprint density at radius 1 is 1.27 bits per heavy atom. The average molecular weight is 159 g/mol. The van der Waals surface area contributed by atoms with E-state index in [0.717, 1.165) is 5.56 Å². The van der Waals surface area contributed by atoms with Crippen LogP contribution in [0, 0.1) is 6.92 Å². The van der Waals surface area contributed by atoms with Crippen molar-refractivity contribution >= 4 is 0 Å². The van der Waals surface area contributed by atoms with Crippen LogP contribution in [-0.4, -0.2) is 0 Å². The van der Waals surface area contributed by atoms with Gasteiger partial charge in [0, 0.05) is 5.56 Å². The van der Waals surface area contributed by atoms with Crippen LogP contribution in [0.5, 0.6) is 0 Å². The normalized spacial score (nSPS) is 9.45. The van der Waals surface area contributed by atoms with E-state index in [1.807, 2.05) is 0 Å². The van der Waals surface area contributed by atoms with Gasteiger partial charge in [-0.3, -0.25) is 0 Å². The van der Waals surface area contributed by atoms with E-state index in [-0.39, 0.29) is 11.7 Å². The number of aryl methyl sites for hydroxylation is 1. The summed E-state index contributed by atoms with van der Waals surface area (Å²) in [4.78, 5) is 0. The fourth-order valence-corrected chi connectivity index (χ4v) is 0.806. The quantitative estimate of drug-likeness (QED) is 0.671. The molecule has 0 aromatic heterocycles. The largest absolute Gasteiger partial charge is 0.344 e. The average Bonchev–Trinajstić information content (AvgIpc) is 1.88. The van der Waals surface area contributed by atoms with E-state index in [1.165, 1.54) is 12.1 Å². The highest BCUT2D eigenvalue weighted by atomic mass is 19.3. The third-order valence-corrected chi connectivity index (χ3v) is 1.29. The maximum Gasteiger partial charge on any atom is 0.263 e. The first-order valence-electron chi connectivity index (χ1n) is 3.05. The zero-order valence-corrected chi connectivity index (χ0v) is 6.35. The molecule has 1 nitrogen and oxygen atoms in total. The monoisotopic (exact) mass is 159 g/mol. The van der Waals surface area contributed by atoms with Crippen LogP contribution < -0.4 is 6.15 Å². The molecule has 0 spiro atoms. The van der Waals surface area contributed by atoms with E-state index < -0.39 is 6.43 Å². The number of halogens is 2. The molecule has 0 aliphatic carbocycles. The van der Waals surface area contributed by atoms with Gasteiger partial charge in [-0.15, -0.1) is 0 Å². The number of hydrogen-bond acceptors (Lipinski definition) is 1. The van der Waals surface area contributed by atoms with Gasteiger partial charge in [0.15, 0.2) is 0 Å². The minimum Gasteiger partial charge on any atom is -0.344 e. The Labute approximate surface area is 64.6 Å². The third kappa shape index (κ3) is 2.63. The lowest BCUT2D eigenvalue weighted by Gasteiger charge is -1.98. The Kier molecular flexibility index (Phi) is 3.68. The van der Waals surface area contributed by atoms with E-state index >= 15 is 0 Å². The van der Waals surface area contributed by atoms with Crippen molar-refractivity contribution in [2.75, 3.05) is 0 Å². The maximum atomic E-state index is 11.9. The van der Waals surface area contributed by atoms with Crippen LogP contribution in [0.25, 0.3) is 0 Å². The first-order chi connectivity index (χ1) is 4.70. The Bertz CT molecular complexity index is 223. The molecule has 0 unspecified atom stereocenters. The van der Waals surface area contributed by atoms with Gasteiger partial charge >= 0.3 is 0 Å². The van der Waals surface area contributed by atoms with Crippen LogP contribution in [0.4, 0.5) is 8.78 Å². The minimum atomic E-state index is -2.35. The highest BCUT2D eigenvalue weighted by Gasteiger charge is 2.04. The summed E-state index contributed by atoms with van der Waals surface area (Å²) in [7, 11) is 0. The lowest BCUT2D eigenvalue weighted by atomic mass is 10.1. The smallest absolute Gasteiger partial charge is 0.263 e. The van der Waals surface area contributed by atoms with Gasteiger partial charge in [0.1, 0.15) is 0 Å². The molecule has 11 heavy (non-hydrogen) atoms. The van der Waals surface area contributed by atoms with E-state index in [1.54, 1.807) is 19.1 Å². The van der Waals surface area contributed by atoms with Gasteiger partial charge in [-0.1, -0.05) is 29.8 Å². The Morgan fingerprint density at radius 2 is 1.91 bits per heavy atom. The zero-order valence-electron chi connectivity index (χ0n) is 6.35. The second kappa shape index (κ2) is 4.03. The molecule has 62 valence electrons. The lowest BCUT2D eigenvalue weighted by Crippen LogP contribution is -1.83. The molecule has 1 aromatic rings. The molecule has 0 heterocycles. The van der Waals surface area contributed by atoms with Crippen LogP contribution in [0.15, 0.2) is 24.3 Å². The Balaban J connectivity index is 0.000001000. The van der Waals surface area contributed by atoms with Crippen LogP contribution in [0.3, 0.4) is 0 Å². The molecule has 0 amide bonds. The molecule has 0 bridgehead atoms. The first kappa shape index (κ1) is 10.0. The molecule has 1 rings (SSSR count). The van der Waals surface area contributed by atoms with E-state index in [9.17, 15) is 8.78 Å². The van der Waals surface area contributed by atoms with Gasteiger partial charge in [0.05, 0.1) is 0 Å². The summed E-state index contributed by atoms with van der Waals surface area (Å²) in [5.74, 6) is 0. The summed E-state index contributed by atoms with van der Waals surface area (Å²) in [5, 5.41) is 0. The summed E-state index contributed by atoms with van der Waals surface area (Å²) in [6.45, 7) is 1.80. The third-order valence-electron chi connectivity index (χ3n) is 1.29. The number of hydrogen-bond donors (Lipinski definition) is 1. The molecule has 0 fully saturated rings. The molecular weight excluding hydrogens is 148 g/mol. The Hall–Kier alpha value is -0.960. The summed E-state index contributed by atoms with van der Waals surface area (Å²) >= 11 is 0. The van der Waals surface area contributed by atoms with Crippen molar-refractivity contribution in [1.82, 2.24) is 6.15 Å². The van der Waals surface area contributed by atoms with Crippen molar-refractivity contribution in [2.45, 2.75) is 13.3 Å². The second-order valence-corrected chi connectivity index (χ2v) is 2.21. The second-order valence-electron chi connectivity index (χ2n) is 2.21. The van der Waals surface area contributed by atoms with Gasteiger partial charge < -0.3 is 6.15 Å². The molecule has 1 aromatic carbocycles. The number of benzene rings is 1. The number of alkyl halides is 2. The van der Waals surface area contributed by atoms with Gasteiger partial charge in [-0.05, 0) is 6.92 Å². The molecular formula is C8H11F2N. The van der Waals surface area contributed by atoms with Crippen LogP contribution in [0.2, 0.25) is 0 Å². The fourth-order valence-electron chi connectivity index (χ4n) is 0.806. The topological polar surface area (TPSA) is 35.0 Å². The van der Waals surface area contributed by atoms with Crippen LogP contribution >= 0.6 is 0 Å². The maximum absolute atomic E-state index is 11.9. The molecule has 0 radical (unpaired) electrons. The highest BCUT2D eigenvalue weighted by molar-refractivity contribution is 5.22. The summed E-state index contributed by atoms with van der Waals surface area (Å²) < 4.78 is 23.9. The van der Waals surface area contributed by atoms with Gasteiger partial charge in [-0.25, -0.2) is 8.78 Å². The number of rotatable bonds is 1. The molecule has 3 N–H and O–H groups in total. The van der Waals surface area contributed by atoms with Gasteiger partial charge in [0.25, 0.3) is 6.43 Å². The van der Waals surface area contributed by atoms with Gasteiger partial charge in [-0.2, -0.15) is 0 Å². The van der Waals surface area contributed by atoms with Crippen LogP contribution in [0.1, 0.15) is 17.6 Å². The summed E-state index contributed by atoms with van der Waals surface area (Å²) in [6.07, 6.45) is -2.35. The molecule has 0 saturated carbocycles. The van der Waals surface area contributed by atoms with E-state index in [2.05, 4.69) is 0 Å². The van der Waals surface area contributed by atoms with E-state index in [4.69, 9.17) is 0 Å². The van der Waals surface area contributed by atoms with Crippen molar-refractivity contribution in [1.29, 1.82) is 0 Å². The molecule has 3 heteroatoms. The lowest BCUT2D eigenvalue weighted by molar-refractivity contribution is 0.151. The van der Waals surface area contributed by atoms with E-state index in [0.29, 0.717) is 0 Å². The SMILES string of the molecule is Cc1cccc(C(F)F)c1.N. The van der Waals surface area contributed by atoms with Crippen molar-refractivity contribution in [3.05, 3.63) is 35.4 Å². The zero-order chi connectivity index (χ0) is 7.56. The standard InChI is InChI=1S/C8H8F2.H3N/c1-6-3-2-4-7(5-6)8(9)10;/h2-5,8H,1H3;1H3. The van der Waals surface area contributed by atoms with Crippen molar-refractivity contribution in [3.8, 4) is 0 Å². The molecule has 0 aliphatic rings. The first-order valence-corrected chi connectivity index (χ1v) is 3.05. The minimum absolute atomic E-state index is 0. The molecule has 0 aliphatic heterocycles. The Morgan fingerprint density at radius 3 is 2.27 bits per heavy atom. The van der Waals surface area contributed by atoms with Crippen molar-refractivity contribution in [2.24, 2.45) is 0 Å². The van der Waals surface area contributed by atoms with Gasteiger partial charge in [0.2, 0.25) is 0 Å². The molecule has 0 atom stereocenters. The predicted octanol–water partition coefficient (Wildman–Crippen LogP) is 3.09. The fraction of sp³-hybridized carbons (Fsp3) is 0.250. The summed E-state index contributed by atoms with van der Waals surface area (Å²) in [5.41, 5.74) is 0.970. The highest BCUT2D eigenvalue weighted by Crippen LogP contribution is 2.18. The predicted molar refractivity (Wildman–Crippen MR) is 41.2 cm³/mol. The van der Waals surface area contributed by atoms with Crippen LogP contribution in [-0.2, 0) is 0 Å². The van der Waals surface area contributed by atoms with Crippen molar-refractivity contribution in [3.63, 3.8) is 0 Å². The molecule has 0 saturated heterocycles.